The first-order valence-corrected chi connectivity index (χ1v) is 6.80. The molecule has 96 valence electrons. The number of hydrogen-bond acceptors (Lipinski definition) is 4. The maximum Gasteiger partial charge on any atom is 0.221 e. The summed E-state index contributed by atoms with van der Waals surface area (Å²) in [7, 11) is 2.03. The molecule has 0 radical (unpaired) electrons. The summed E-state index contributed by atoms with van der Waals surface area (Å²) in [5.41, 5.74) is 0.966. The Morgan fingerprint density at radius 2 is 2.06 bits per heavy atom. The summed E-state index contributed by atoms with van der Waals surface area (Å²) in [6.07, 6.45) is 1.55. The molecule has 0 aliphatic heterocycles. The second-order valence-corrected chi connectivity index (χ2v) is 5.13. The topological polar surface area (TPSA) is 38.3 Å². The van der Waals surface area contributed by atoms with Crippen LogP contribution in [-0.2, 0) is 0 Å². The quantitative estimate of drug-likeness (QED) is 0.784. The first-order valence-electron chi connectivity index (χ1n) is 5.68. The third-order valence-electron chi connectivity index (χ3n) is 2.84. The van der Waals surface area contributed by atoms with Crippen molar-refractivity contribution in [3.8, 4) is 5.88 Å². The molecule has 0 fully saturated rings. The van der Waals surface area contributed by atoms with Crippen LogP contribution in [0.25, 0.3) is 0 Å². The van der Waals surface area contributed by atoms with Crippen LogP contribution in [0.2, 0.25) is 0 Å². The van der Waals surface area contributed by atoms with E-state index in [9.17, 15) is 0 Å². The van der Waals surface area contributed by atoms with Crippen molar-refractivity contribution in [2.75, 3.05) is 23.9 Å². The van der Waals surface area contributed by atoms with E-state index in [1.165, 1.54) is 0 Å². The van der Waals surface area contributed by atoms with Crippen molar-refractivity contribution in [3.63, 3.8) is 0 Å². The fraction of sp³-hybridized carbons (Fsp3) is 0.667. The van der Waals surface area contributed by atoms with Gasteiger partial charge in [-0.3, -0.25) is 0 Å². The van der Waals surface area contributed by atoms with Gasteiger partial charge >= 0.3 is 0 Å². The molecule has 0 N–H and O–H groups in total. The van der Waals surface area contributed by atoms with Crippen molar-refractivity contribution in [1.82, 2.24) is 9.97 Å². The molecule has 0 spiro atoms. The zero-order valence-electron chi connectivity index (χ0n) is 11.1. The van der Waals surface area contributed by atoms with Gasteiger partial charge in [0, 0.05) is 17.9 Å². The minimum Gasteiger partial charge on any atom is -0.478 e. The van der Waals surface area contributed by atoms with Gasteiger partial charge in [0.05, 0.1) is 12.2 Å². The fourth-order valence-electron chi connectivity index (χ4n) is 1.42. The molecule has 0 amide bonds. The van der Waals surface area contributed by atoms with Crippen molar-refractivity contribution >= 4 is 21.7 Å². The third kappa shape index (κ3) is 3.09. The maximum absolute atomic E-state index is 5.48. The van der Waals surface area contributed by atoms with E-state index < -0.39 is 0 Å². The summed E-state index contributed by atoms with van der Waals surface area (Å²) in [5, 5.41) is 0.865. The van der Waals surface area contributed by atoms with Crippen LogP contribution in [0, 0.1) is 6.92 Å². The minimum absolute atomic E-state index is 0.0113. The van der Waals surface area contributed by atoms with Gasteiger partial charge in [-0.15, -0.1) is 0 Å². The highest BCUT2D eigenvalue weighted by atomic mass is 79.9. The monoisotopic (exact) mass is 301 g/mol. The van der Waals surface area contributed by atoms with Gasteiger partial charge in [0.15, 0.2) is 0 Å². The summed E-state index contributed by atoms with van der Waals surface area (Å²) < 4.78 is 5.48. The number of aromatic nitrogens is 2. The lowest BCUT2D eigenvalue weighted by molar-refractivity contribution is 0.323. The minimum atomic E-state index is -0.0113. The third-order valence-corrected chi connectivity index (χ3v) is 4.22. The molecule has 0 aliphatic rings. The molecular formula is C12H20BrN3O. The molecule has 0 aromatic carbocycles. The van der Waals surface area contributed by atoms with Gasteiger partial charge in [0.2, 0.25) is 5.88 Å². The van der Waals surface area contributed by atoms with Gasteiger partial charge in [-0.05, 0) is 27.7 Å². The fourth-order valence-corrected chi connectivity index (χ4v) is 1.80. The van der Waals surface area contributed by atoms with Crippen LogP contribution in [0.5, 0.6) is 5.88 Å². The molecule has 0 saturated carbocycles. The predicted molar refractivity (Wildman–Crippen MR) is 74.2 cm³/mol. The molecule has 1 rings (SSSR count). The standard InChI is InChI=1S/C12H20BrN3O/c1-6-17-11-9(2)10(14-8-15-11)16(5)12(3,4)7-13/h8H,6-7H2,1-5H3. The highest BCUT2D eigenvalue weighted by Crippen LogP contribution is 2.28. The average molecular weight is 302 g/mol. The molecule has 0 saturated heterocycles. The van der Waals surface area contributed by atoms with Crippen LogP contribution in [0.3, 0.4) is 0 Å². The van der Waals surface area contributed by atoms with E-state index in [1.807, 2.05) is 20.9 Å². The van der Waals surface area contributed by atoms with Crippen LogP contribution in [0.4, 0.5) is 5.82 Å². The smallest absolute Gasteiger partial charge is 0.221 e. The van der Waals surface area contributed by atoms with Crippen molar-refractivity contribution in [2.45, 2.75) is 33.2 Å². The maximum atomic E-state index is 5.48. The Hall–Kier alpha value is -0.840. The van der Waals surface area contributed by atoms with Gasteiger partial charge in [0.25, 0.3) is 0 Å². The number of hydrogen-bond donors (Lipinski definition) is 0. The summed E-state index contributed by atoms with van der Waals surface area (Å²) >= 11 is 3.53. The normalized spacial score (nSPS) is 11.4. The second-order valence-electron chi connectivity index (χ2n) is 4.57. The molecule has 0 bridgehead atoms. The zero-order chi connectivity index (χ0) is 13.1. The SMILES string of the molecule is CCOc1ncnc(N(C)C(C)(C)CBr)c1C. The Balaban J connectivity index is 3.10. The van der Waals surface area contributed by atoms with E-state index in [0.29, 0.717) is 12.5 Å². The Bertz CT molecular complexity index is 382. The Labute approximate surface area is 112 Å². The van der Waals surface area contributed by atoms with E-state index in [-0.39, 0.29) is 5.54 Å². The van der Waals surface area contributed by atoms with Crippen molar-refractivity contribution < 1.29 is 4.74 Å². The predicted octanol–water partition coefficient (Wildman–Crippen LogP) is 2.79. The summed E-state index contributed by atoms with van der Waals surface area (Å²) in [5.74, 6) is 1.57. The van der Waals surface area contributed by atoms with E-state index >= 15 is 0 Å². The number of anilines is 1. The Morgan fingerprint density at radius 1 is 1.41 bits per heavy atom. The molecule has 1 aromatic rings. The zero-order valence-corrected chi connectivity index (χ0v) is 12.7. The lowest BCUT2D eigenvalue weighted by atomic mass is 10.1. The van der Waals surface area contributed by atoms with E-state index in [2.05, 4.69) is 44.6 Å². The Morgan fingerprint density at radius 3 is 2.59 bits per heavy atom. The first kappa shape index (κ1) is 14.2. The number of halogens is 1. The van der Waals surface area contributed by atoms with Crippen molar-refractivity contribution in [1.29, 1.82) is 0 Å². The lowest BCUT2D eigenvalue weighted by Crippen LogP contribution is -2.43. The number of ether oxygens (including phenoxy) is 1. The molecule has 0 unspecified atom stereocenters. The molecule has 17 heavy (non-hydrogen) atoms. The summed E-state index contributed by atoms with van der Waals surface area (Å²) in [4.78, 5) is 10.6. The van der Waals surface area contributed by atoms with Crippen LogP contribution in [-0.4, -0.2) is 34.5 Å². The highest BCUT2D eigenvalue weighted by molar-refractivity contribution is 9.09. The molecule has 1 heterocycles. The molecule has 4 nitrogen and oxygen atoms in total. The van der Waals surface area contributed by atoms with Gasteiger partial charge in [-0.1, -0.05) is 15.9 Å². The highest BCUT2D eigenvalue weighted by Gasteiger charge is 2.25. The molecule has 5 heteroatoms. The molecule has 1 aromatic heterocycles. The van der Waals surface area contributed by atoms with Crippen LogP contribution in [0.15, 0.2) is 6.33 Å². The van der Waals surface area contributed by atoms with Gasteiger partial charge in [-0.2, -0.15) is 0 Å². The average Bonchev–Trinajstić information content (AvgIpc) is 2.31. The van der Waals surface area contributed by atoms with Crippen LogP contribution < -0.4 is 9.64 Å². The number of rotatable bonds is 5. The van der Waals surface area contributed by atoms with Crippen molar-refractivity contribution in [2.24, 2.45) is 0 Å². The molecular weight excluding hydrogens is 282 g/mol. The van der Waals surface area contributed by atoms with Crippen molar-refractivity contribution in [3.05, 3.63) is 11.9 Å². The van der Waals surface area contributed by atoms with Gasteiger partial charge in [0.1, 0.15) is 12.1 Å². The van der Waals surface area contributed by atoms with E-state index in [1.54, 1.807) is 6.33 Å². The van der Waals surface area contributed by atoms with Crippen LogP contribution >= 0.6 is 15.9 Å². The lowest BCUT2D eigenvalue weighted by Gasteiger charge is -2.35. The van der Waals surface area contributed by atoms with E-state index in [0.717, 1.165) is 16.7 Å². The first-order chi connectivity index (χ1) is 7.94. The largest absolute Gasteiger partial charge is 0.478 e. The van der Waals surface area contributed by atoms with Gasteiger partial charge < -0.3 is 9.64 Å². The molecule has 0 atom stereocenters. The number of alkyl halides is 1. The summed E-state index contributed by atoms with van der Waals surface area (Å²) in [6, 6.07) is 0. The number of nitrogens with zero attached hydrogens (tertiary/aromatic N) is 3. The molecule has 0 aliphatic carbocycles. The second kappa shape index (κ2) is 5.67. The summed E-state index contributed by atoms with van der Waals surface area (Å²) in [6.45, 7) is 8.87. The van der Waals surface area contributed by atoms with Gasteiger partial charge in [-0.25, -0.2) is 9.97 Å². The van der Waals surface area contributed by atoms with E-state index in [4.69, 9.17) is 4.74 Å². The van der Waals surface area contributed by atoms with Crippen LogP contribution in [0.1, 0.15) is 26.3 Å². The Kier molecular flexibility index (Phi) is 4.74.